The Morgan fingerprint density at radius 3 is 2.48 bits per heavy atom. The van der Waals surface area contributed by atoms with Crippen LogP contribution < -0.4 is 16.1 Å². The van der Waals surface area contributed by atoms with Gasteiger partial charge in [-0.25, -0.2) is 10.2 Å². The zero-order chi connectivity index (χ0) is 32.6. The first-order chi connectivity index (χ1) is 20.8. The molecule has 1 fully saturated rings. The summed E-state index contributed by atoms with van der Waals surface area (Å²) in [6.45, 7) is 11.4. The monoisotopic (exact) mass is 609 g/mol. The number of rotatable bonds is 13. The van der Waals surface area contributed by atoms with Crippen molar-refractivity contribution < 1.29 is 28.7 Å². The molecule has 1 aliphatic heterocycles. The van der Waals surface area contributed by atoms with Crippen LogP contribution in [-0.2, 0) is 28.7 Å². The van der Waals surface area contributed by atoms with Crippen LogP contribution >= 0.6 is 0 Å². The van der Waals surface area contributed by atoms with Crippen LogP contribution in [0.25, 0.3) is 16.8 Å². The van der Waals surface area contributed by atoms with Gasteiger partial charge in [0.05, 0.1) is 29.8 Å². The van der Waals surface area contributed by atoms with Gasteiger partial charge in [0, 0.05) is 25.2 Å². The third-order valence-electron chi connectivity index (χ3n) is 8.29. The van der Waals surface area contributed by atoms with Gasteiger partial charge in [0.1, 0.15) is 17.9 Å². The normalized spacial score (nSPS) is 20.6. The van der Waals surface area contributed by atoms with E-state index in [1.54, 1.807) is 46.2 Å². The Labute approximate surface area is 260 Å². The number of amides is 2. The van der Waals surface area contributed by atoms with Crippen molar-refractivity contribution in [3.63, 3.8) is 0 Å². The number of carbonyl (C=O) groups is 4. The first-order valence-electron chi connectivity index (χ1n) is 15.2. The molecular formula is C33H47N5O6. The lowest BCUT2D eigenvalue weighted by molar-refractivity contribution is -0.163. The molecule has 0 bridgehead atoms. The van der Waals surface area contributed by atoms with Crippen molar-refractivity contribution in [2.75, 3.05) is 20.7 Å². The van der Waals surface area contributed by atoms with E-state index in [1.165, 1.54) is 12.1 Å². The number of hydrazine groups is 1. The van der Waals surface area contributed by atoms with Gasteiger partial charge in [0.15, 0.2) is 0 Å². The number of ether oxygens (including phenoxy) is 2. The number of likely N-dealkylation sites (N-methyl/N-ethyl adjacent to an activating group) is 1. The average Bonchev–Trinajstić information content (AvgIpc) is 3.02. The average molecular weight is 610 g/mol. The quantitative estimate of drug-likeness (QED) is 0.231. The number of hydrogen-bond acceptors (Lipinski definition) is 9. The number of benzene rings is 1. The number of fused-ring (bicyclic) bond motifs is 1. The van der Waals surface area contributed by atoms with E-state index in [0.29, 0.717) is 25.1 Å². The number of carbonyl (C=O) groups excluding carboxylic acids is 4. The second-order valence-corrected chi connectivity index (χ2v) is 12.1. The molecule has 0 saturated carbocycles. The smallest absolute Gasteiger partial charge is 0.328 e. The minimum Gasteiger partial charge on any atom is -0.456 e. The summed E-state index contributed by atoms with van der Waals surface area (Å²) in [5.74, 6) is -1.36. The molecule has 1 aromatic heterocycles. The summed E-state index contributed by atoms with van der Waals surface area (Å²) in [4.78, 5) is 54.5. The van der Waals surface area contributed by atoms with Gasteiger partial charge in [-0.15, -0.1) is 0 Å². The van der Waals surface area contributed by atoms with E-state index in [2.05, 4.69) is 21.0 Å². The van der Waals surface area contributed by atoms with Gasteiger partial charge in [-0.3, -0.25) is 19.6 Å². The number of esters is 1. The van der Waals surface area contributed by atoms with Crippen LogP contribution in [0.15, 0.2) is 36.5 Å². The zero-order valence-electron chi connectivity index (χ0n) is 27.0. The summed E-state index contributed by atoms with van der Waals surface area (Å²) in [5, 5.41) is 9.04. The van der Waals surface area contributed by atoms with Gasteiger partial charge in [-0.2, -0.15) is 0 Å². The van der Waals surface area contributed by atoms with Crippen LogP contribution in [0.4, 0.5) is 0 Å². The maximum absolute atomic E-state index is 13.3. The van der Waals surface area contributed by atoms with Crippen LogP contribution in [0.1, 0.15) is 71.7 Å². The van der Waals surface area contributed by atoms with E-state index in [-0.39, 0.29) is 23.8 Å². The maximum Gasteiger partial charge on any atom is 0.328 e. The fourth-order valence-electron chi connectivity index (χ4n) is 5.00. The number of aldehydes is 1. The third kappa shape index (κ3) is 8.49. The Morgan fingerprint density at radius 1 is 1.11 bits per heavy atom. The molecule has 3 rings (SSSR count). The second kappa shape index (κ2) is 15.4. The number of methoxy groups -OCH3 is 1. The first-order valence-corrected chi connectivity index (χ1v) is 15.2. The summed E-state index contributed by atoms with van der Waals surface area (Å²) in [6.07, 6.45) is 6.25. The SMILES string of the molecule is CN[C@@H](C)C(=O)N1CCC[C@@](C)(C(=O)O[C@H](C)c2ccc3cnc(/C=C/[C@@H](OC)[C@@H](C)C(=O)N[C@H](C=O)C(C)C)cc3c2)N1. The van der Waals surface area contributed by atoms with E-state index in [0.717, 1.165) is 22.6 Å². The Balaban J connectivity index is 1.71. The number of aromatic nitrogens is 1. The van der Waals surface area contributed by atoms with Gasteiger partial charge in [0.2, 0.25) is 5.91 Å². The largest absolute Gasteiger partial charge is 0.456 e. The maximum atomic E-state index is 13.3. The van der Waals surface area contributed by atoms with E-state index in [4.69, 9.17) is 9.47 Å². The topological polar surface area (TPSA) is 139 Å². The molecule has 1 aromatic carbocycles. The molecule has 1 saturated heterocycles. The lowest BCUT2D eigenvalue weighted by atomic mass is 9.94. The summed E-state index contributed by atoms with van der Waals surface area (Å²) in [5.41, 5.74) is 3.56. The highest BCUT2D eigenvalue weighted by Crippen LogP contribution is 2.27. The molecule has 6 atom stereocenters. The summed E-state index contributed by atoms with van der Waals surface area (Å²) < 4.78 is 11.5. The van der Waals surface area contributed by atoms with E-state index >= 15 is 0 Å². The van der Waals surface area contributed by atoms with Gasteiger partial charge in [0.25, 0.3) is 5.91 Å². The highest BCUT2D eigenvalue weighted by atomic mass is 16.5. The molecule has 1 aliphatic rings. The number of nitrogens with zero attached hydrogens (tertiary/aromatic N) is 2. The van der Waals surface area contributed by atoms with Crippen molar-refractivity contribution in [1.29, 1.82) is 0 Å². The standard InChI is InChI=1S/C33H47N5O6/c1-20(2)28(19-39)36-30(40)21(3)29(43-8)13-12-27-17-26-16-24(10-11-25(26)18-35-27)23(5)44-32(42)33(6)14-9-15-38(37-33)31(41)22(4)34-7/h10-13,16-23,28-29,34,37H,9,14-15H2,1-8H3,(H,36,40)/b13-12+/t21-,22+,23-,28-,29-,33+/m1/s1. The molecule has 2 amide bonds. The molecule has 0 spiro atoms. The van der Waals surface area contributed by atoms with Crippen molar-refractivity contribution in [2.45, 2.75) is 84.2 Å². The minimum absolute atomic E-state index is 0.0154. The van der Waals surface area contributed by atoms with Gasteiger partial charge in [-0.05, 0) is 75.7 Å². The molecule has 0 unspecified atom stereocenters. The van der Waals surface area contributed by atoms with Gasteiger partial charge in [-0.1, -0.05) is 39.0 Å². The Bertz CT molecular complexity index is 1360. The Kier molecular flexibility index (Phi) is 12.2. The predicted molar refractivity (Wildman–Crippen MR) is 169 cm³/mol. The van der Waals surface area contributed by atoms with Crippen LogP contribution in [0, 0.1) is 11.8 Å². The molecule has 2 heterocycles. The molecule has 0 aliphatic carbocycles. The van der Waals surface area contributed by atoms with Gasteiger partial charge < -0.3 is 24.9 Å². The third-order valence-corrected chi connectivity index (χ3v) is 8.29. The lowest BCUT2D eigenvalue weighted by Crippen LogP contribution is -2.64. The fourth-order valence-corrected chi connectivity index (χ4v) is 5.00. The van der Waals surface area contributed by atoms with Crippen LogP contribution in [0.2, 0.25) is 0 Å². The van der Waals surface area contributed by atoms with Crippen molar-refractivity contribution in [3.8, 4) is 0 Å². The minimum atomic E-state index is -1.02. The van der Waals surface area contributed by atoms with E-state index in [9.17, 15) is 19.2 Å². The lowest BCUT2D eigenvalue weighted by Gasteiger charge is -2.41. The Hall–Kier alpha value is -3.67. The van der Waals surface area contributed by atoms with E-state index in [1.807, 2.05) is 45.0 Å². The van der Waals surface area contributed by atoms with Gasteiger partial charge >= 0.3 is 5.97 Å². The number of pyridine rings is 1. The highest BCUT2D eigenvalue weighted by Gasteiger charge is 2.41. The number of nitrogens with one attached hydrogen (secondary N) is 3. The molecule has 11 heteroatoms. The zero-order valence-corrected chi connectivity index (χ0v) is 27.0. The summed E-state index contributed by atoms with van der Waals surface area (Å²) in [7, 11) is 3.25. The van der Waals surface area contributed by atoms with Crippen LogP contribution in [-0.4, -0.2) is 78.5 Å². The van der Waals surface area contributed by atoms with Crippen molar-refractivity contribution in [1.82, 2.24) is 26.1 Å². The molecular weight excluding hydrogens is 562 g/mol. The molecule has 2 aromatic rings. The highest BCUT2D eigenvalue weighted by molar-refractivity contribution is 5.86. The predicted octanol–water partition coefficient (Wildman–Crippen LogP) is 3.34. The van der Waals surface area contributed by atoms with E-state index < -0.39 is 35.7 Å². The molecule has 44 heavy (non-hydrogen) atoms. The molecule has 240 valence electrons. The molecule has 11 nitrogen and oxygen atoms in total. The molecule has 3 N–H and O–H groups in total. The van der Waals surface area contributed by atoms with Crippen molar-refractivity contribution in [2.24, 2.45) is 11.8 Å². The first kappa shape index (κ1) is 34.8. The fraction of sp³-hybridized carbons (Fsp3) is 0.545. The van der Waals surface area contributed by atoms with Crippen molar-refractivity contribution >= 4 is 40.9 Å². The summed E-state index contributed by atoms with van der Waals surface area (Å²) >= 11 is 0. The molecule has 0 radical (unpaired) electrons. The van der Waals surface area contributed by atoms with Crippen LogP contribution in [0.5, 0.6) is 0 Å². The van der Waals surface area contributed by atoms with Crippen molar-refractivity contribution in [3.05, 3.63) is 47.8 Å². The number of hydrogen-bond donors (Lipinski definition) is 3. The van der Waals surface area contributed by atoms with Crippen LogP contribution in [0.3, 0.4) is 0 Å². The Morgan fingerprint density at radius 2 is 1.84 bits per heavy atom. The summed E-state index contributed by atoms with van der Waals surface area (Å²) in [6, 6.07) is 6.78. The second-order valence-electron chi connectivity index (χ2n) is 12.1.